The molecule has 1 rings (SSSR count). The van der Waals surface area contributed by atoms with Crippen molar-refractivity contribution in [2.24, 2.45) is 0 Å². The summed E-state index contributed by atoms with van der Waals surface area (Å²) in [4.78, 5) is 27.8. The predicted molar refractivity (Wildman–Crippen MR) is 55.3 cm³/mol. The number of methoxy groups -OCH3 is 1. The molecule has 0 unspecified atom stereocenters. The Balaban J connectivity index is 3.25. The highest BCUT2D eigenvalue weighted by Gasteiger charge is 2.13. The van der Waals surface area contributed by atoms with Crippen molar-refractivity contribution in [1.29, 1.82) is 0 Å². The summed E-state index contributed by atoms with van der Waals surface area (Å²) in [6.45, 7) is 0. The number of anilines is 1. The van der Waals surface area contributed by atoms with E-state index in [1.807, 2.05) is 0 Å². The molecule has 15 heavy (non-hydrogen) atoms. The average Bonchev–Trinajstić information content (AvgIpc) is 2.27. The molecule has 0 atom stereocenters. The zero-order valence-electron chi connectivity index (χ0n) is 8.85. The van der Waals surface area contributed by atoms with Crippen LogP contribution in [-0.2, 0) is 4.74 Å². The Morgan fingerprint density at radius 1 is 1.53 bits per heavy atom. The van der Waals surface area contributed by atoms with Gasteiger partial charge in [0.05, 0.1) is 12.7 Å². The summed E-state index contributed by atoms with van der Waals surface area (Å²) in [6.07, 6.45) is 1.94. The molecule has 0 aliphatic rings. The van der Waals surface area contributed by atoms with Gasteiger partial charge >= 0.3 is 5.97 Å². The molecule has 1 aromatic heterocycles. The second-order valence-electron chi connectivity index (χ2n) is 3.13. The van der Waals surface area contributed by atoms with E-state index in [0.29, 0.717) is 12.1 Å². The van der Waals surface area contributed by atoms with Crippen LogP contribution in [0.2, 0.25) is 0 Å². The first-order valence-corrected chi connectivity index (χ1v) is 4.31. The summed E-state index contributed by atoms with van der Waals surface area (Å²) < 4.78 is 4.57. The quantitative estimate of drug-likeness (QED) is 0.541. The first-order valence-electron chi connectivity index (χ1n) is 4.31. The summed E-state index contributed by atoms with van der Waals surface area (Å²) in [5, 5.41) is 0. The van der Waals surface area contributed by atoms with E-state index in [4.69, 9.17) is 0 Å². The number of nitrogens with zero attached hydrogens (tertiary/aromatic N) is 2. The minimum Gasteiger partial charge on any atom is -0.465 e. The first-order chi connectivity index (χ1) is 7.10. The Morgan fingerprint density at radius 3 is 2.67 bits per heavy atom. The molecule has 0 aliphatic heterocycles. The van der Waals surface area contributed by atoms with Crippen molar-refractivity contribution in [3.05, 3.63) is 23.4 Å². The third-order valence-corrected chi connectivity index (χ3v) is 1.91. The molecule has 1 heterocycles. The van der Waals surface area contributed by atoms with Gasteiger partial charge in [-0.25, -0.2) is 9.78 Å². The number of ether oxygens (including phenoxy) is 1. The van der Waals surface area contributed by atoms with E-state index in [9.17, 15) is 9.59 Å². The molecule has 0 radical (unpaired) electrons. The fourth-order valence-corrected chi connectivity index (χ4v) is 1.08. The van der Waals surface area contributed by atoms with Gasteiger partial charge in [-0.15, -0.1) is 0 Å². The lowest BCUT2D eigenvalue weighted by Gasteiger charge is -2.12. The van der Waals surface area contributed by atoms with Crippen LogP contribution in [0.25, 0.3) is 0 Å². The Hall–Kier alpha value is -1.91. The minimum atomic E-state index is -0.539. The Morgan fingerprint density at radius 2 is 2.20 bits per heavy atom. The van der Waals surface area contributed by atoms with Gasteiger partial charge in [0, 0.05) is 25.9 Å². The van der Waals surface area contributed by atoms with Gasteiger partial charge in [0.15, 0.2) is 6.29 Å². The molecule has 0 saturated carbocycles. The maximum atomic E-state index is 11.3. The van der Waals surface area contributed by atoms with Crippen LogP contribution in [0.1, 0.15) is 20.7 Å². The molecular formula is C10H12N2O3. The monoisotopic (exact) mass is 208 g/mol. The third-order valence-electron chi connectivity index (χ3n) is 1.91. The lowest BCUT2D eigenvalue weighted by molar-refractivity contribution is 0.0598. The molecular weight excluding hydrogens is 196 g/mol. The van der Waals surface area contributed by atoms with Crippen LogP contribution in [0, 0.1) is 0 Å². The van der Waals surface area contributed by atoms with E-state index in [1.54, 1.807) is 19.0 Å². The van der Waals surface area contributed by atoms with E-state index < -0.39 is 5.97 Å². The summed E-state index contributed by atoms with van der Waals surface area (Å²) in [6, 6.07) is 1.52. The van der Waals surface area contributed by atoms with Crippen LogP contribution in [0.5, 0.6) is 0 Å². The number of rotatable bonds is 3. The van der Waals surface area contributed by atoms with E-state index in [1.165, 1.54) is 19.4 Å². The number of hydrogen-bond donors (Lipinski definition) is 0. The minimum absolute atomic E-state index is 0.228. The molecule has 5 nitrogen and oxygen atoms in total. The molecule has 0 bridgehead atoms. The fourth-order valence-electron chi connectivity index (χ4n) is 1.08. The van der Waals surface area contributed by atoms with Crippen LogP contribution in [0.15, 0.2) is 12.3 Å². The normalized spacial score (nSPS) is 9.53. The van der Waals surface area contributed by atoms with E-state index in [0.717, 1.165) is 0 Å². The Kier molecular flexibility index (Phi) is 3.38. The smallest absolute Gasteiger partial charge is 0.338 e. The number of aldehydes is 1. The van der Waals surface area contributed by atoms with E-state index >= 15 is 0 Å². The number of esters is 1. The fraction of sp³-hybridized carbons (Fsp3) is 0.300. The molecule has 0 N–H and O–H groups in total. The van der Waals surface area contributed by atoms with Gasteiger partial charge in [-0.1, -0.05) is 0 Å². The van der Waals surface area contributed by atoms with Crippen molar-refractivity contribution in [3.63, 3.8) is 0 Å². The van der Waals surface area contributed by atoms with Crippen molar-refractivity contribution in [2.75, 3.05) is 26.1 Å². The van der Waals surface area contributed by atoms with Gasteiger partial charge in [0.25, 0.3) is 0 Å². The maximum Gasteiger partial charge on any atom is 0.338 e. The van der Waals surface area contributed by atoms with Crippen molar-refractivity contribution < 1.29 is 14.3 Å². The Bertz CT molecular complexity index is 388. The predicted octanol–water partition coefficient (Wildman–Crippen LogP) is 0.747. The Labute approximate surface area is 87.7 Å². The maximum absolute atomic E-state index is 11.3. The lowest BCUT2D eigenvalue weighted by Crippen LogP contribution is -2.13. The molecule has 80 valence electrons. The number of hydrogen-bond acceptors (Lipinski definition) is 5. The topological polar surface area (TPSA) is 59.5 Å². The van der Waals surface area contributed by atoms with Crippen molar-refractivity contribution in [2.45, 2.75) is 0 Å². The van der Waals surface area contributed by atoms with Gasteiger partial charge in [0.1, 0.15) is 5.82 Å². The van der Waals surface area contributed by atoms with Gasteiger partial charge in [0.2, 0.25) is 0 Å². The average molecular weight is 208 g/mol. The molecule has 5 heteroatoms. The van der Waals surface area contributed by atoms with Crippen LogP contribution in [0.3, 0.4) is 0 Å². The molecule has 0 fully saturated rings. The van der Waals surface area contributed by atoms with Crippen LogP contribution in [-0.4, -0.2) is 38.4 Å². The van der Waals surface area contributed by atoms with Crippen molar-refractivity contribution >= 4 is 18.1 Å². The molecule has 0 aliphatic carbocycles. The first kappa shape index (κ1) is 11.2. The molecule has 0 aromatic carbocycles. The summed E-state index contributed by atoms with van der Waals surface area (Å²) in [7, 11) is 4.86. The second-order valence-corrected chi connectivity index (χ2v) is 3.13. The van der Waals surface area contributed by atoms with E-state index in [-0.39, 0.29) is 11.1 Å². The van der Waals surface area contributed by atoms with Crippen molar-refractivity contribution in [3.8, 4) is 0 Å². The van der Waals surface area contributed by atoms with Crippen LogP contribution >= 0.6 is 0 Å². The van der Waals surface area contributed by atoms with Gasteiger partial charge in [-0.3, -0.25) is 4.79 Å². The standard InChI is InChI=1S/C10H12N2O3/c1-12(2)9-4-8(10(14)15-3)7(6-13)5-11-9/h4-6H,1-3H3. The van der Waals surface area contributed by atoms with Crippen molar-refractivity contribution in [1.82, 2.24) is 4.98 Å². The highest BCUT2D eigenvalue weighted by molar-refractivity contribution is 5.98. The van der Waals surface area contributed by atoms with Gasteiger partial charge in [-0.2, -0.15) is 0 Å². The number of carbonyl (C=O) groups excluding carboxylic acids is 2. The number of pyridine rings is 1. The molecule has 0 spiro atoms. The molecule has 1 aromatic rings. The zero-order valence-corrected chi connectivity index (χ0v) is 8.85. The summed E-state index contributed by atoms with van der Waals surface area (Å²) in [5.74, 6) is 0.0589. The van der Waals surface area contributed by atoms with Gasteiger partial charge < -0.3 is 9.64 Å². The summed E-state index contributed by atoms with van der Waals surface area (Å²) >= 11 is 0. The molecule has 0 amide bonds. The third kappa shape index (κ3) is 2.31. The second kappa shape index (κ2) is 4.54. The number of carbonyl (C=O) groups is 2. The largest absolute Gasteiger partial charge is 0.465 e. The highest BCUT2D eigenvalue weighted by Crippen LogP contribution is 2.14. The van der Waals surface area contributed by atoms with Gasteiger partial charge in [-0.05, 0) is 6.07 Å². The zero-order chi connectivity index (χ0) is 11.4. The number of aromatic nitrogens is 1. The lowest BCUT2D eigenvalue weighted by atomic mass is 10.1. The van der Waals surface area contributed by atoms with Crippen LogP contribution < -0.4 is 4.90 Å². The van der Waals surface area contributed by atoms with Crippen LogP contribution in [0.4, 0.5) is 5.82 Å². The SMILES string of the molecule is COC(=O)c1cc(N(C)C)ncc1C=O. The molecule has 0 saturated heterocycles. The summed E-state index contributed by atoms with van der Waals surface area (Å²) in [5.41, 5.74) is 0.457. The van der Waals surface area contributed by atoms with E-state index in [2.05, 4.69) is 9.72 Å². The highest BCUT2D eigenvalue weighted by atomic mass is 16.5.